The third-order valence-electron chi connectivity index (χ3n) is 2.89. The van der Waals surface area contributed by atoms with E-state index in [9.17, 15) is 0 Å². The molecule has 0 amide bonds. The van der Waals surface area contributed by atoms with Crippen molar-refractivity contribution in [2.45, 2.75) is 6.92 Å². The van der Waals surface area contributed by atoms with Gasteiger partial charge in [0.1, 0.15) is 12.0 Å². The van der Waals surface area contributed by atoms with Crippen LogP contribution in [0, 0.1) is 6.92 Å². The van der Waals surface area contributed by atoms with E-state index in [0.717, 1.165) is 15.3 Å². The van der Waals surface area contributed by atoms with Crippen molar-refractivity contribution in [1.82, 2.24) is 15.0 Å². The maximum absolute atomic E-state index is 5.99. The molecule has 6 nitrogen and oxygen atoms in total. The van der Waals surface area contributed by atoms with Crippen LogP contribution in [0.2, 0.25) is 0 Å². The minimum absolute atomic E-state index is 0.477. The second kappa shape index (κ2) is 4.93. The lowest BCUT2D eigenvalue weighted by Gasteiger charge is -2.08. The molecule has 3 rings (SSSR count). The molecule has 0 saturated carbocycles. The van der Waals surface area contributed by atoms with Gasteiger partial charge in [0.15, 0.2) is 16.8 Å². The van der Waals surface area contributed by atoms with Crippen molar-refractivity contribution in [3.05, 3.63) is 30.1 Å². The molecule has 3 aromatic rings. The zero-order valence-electron chi connectivity index (χ0n) is 11.1. The number of hydrogen-bond acceptors (Lipinski definition) is 7. The number of aryl methyl sites for hydroxylation is 1. The van der Waals surface area contributed by atoms with Gasteiger partial charge in [-0.3, -0.25) is 0 Å². The van der Waals surface area contributed by atoms with Crippen LogP contribution in [0.4, 0.5) is 22.5 Å². The van der Waals surface area contributed by atoms with Crippen LogP contribution >= 0.6 is 11.3 Å². The molecule has 0 aliphatic heterocycles. The zero-order chi connectivity index (χ0) is 14.1. The first-order valence-corrected chi connectivity index (χ1v) is 6.91. The zero-order valence-corrected chi connectivity index (χ0v) is 12.0. The number of nitrogens with one attached hydrogen (secondary N) is 2. The van der Waals surface area contributed by atoms with Gasteiger partial charge in [0, 0.05) is 7.05 Å². The Morgan fingerprint density at radius 3 is 2.80 bits per heavy atom. The molecule has 0 spiro atoms. The molecular formula is C13H14N6S. The molecule has 0 radical (unpaired) electrons. The Kier molecular flexibility index (Phi) is 3.11. The SMILES string of the molecule is CNc1ncnc(Nc2nc3ccc(C)cc3s2)c1N. The summed E-state index contributed by atoms with van der Waals surface area (Å²) in [4.78, 5) is 12.7. The van der Waals surface area contributed by atoms with Gasteiger partial charge in [-0.2, -0.15) is 0 Å². The first-order chi connectivity index (χ1) is 9.67. The van der Waals surface area contributed by atoms with Gasteiger partial charge in [-0.25, -0.2) is 15.0 Å². The highest BCUT2D eigenvalue weighted by atomic mass is 32.1. The summed E-state index contributed by atoms with van der Waals surface area (Å²) >= 11 is 1.57. The molecule has 20 heavy (non-hydrogen) atoms. The van der Waals surface area contributed by atoms with Gasteiger partial charge in [0.05, 0.1) is 10.2 Å². The van der Waals surface area contributed by atoms with Crippen LogP contribution in [0.15, 0.2) is 24.5 Å². The number of fused-ring (bicyclic) bond motifs is 1. The van der Waals surface area contributed by atoms with Crippen molar-refractivity contribution in [3.63, 3.8) is 0 Å². The number of hydrogen-bond donors (Lipinski definition) is 3. The normalized spacial score (nSPS) is 10.7. The Bertz CT molecular complexity index is 767. The molecular weight excluding hydrogens is 272 g/mol. The van der Waals surface area contributed by atoms with Gasteiger partial charge in [-0.15, -0.1) is 0 Å². The van der Waals surface area contributed by atoms with Gasteiger partial charge in [0.2, 0.25) is 0 Å². The molecule has 0 aliphatic carbocycles. The number of benzene rings is 1. The van der Waals surface area contributed by atoms with Crippen LogP contribution < -0.4 is 16.4 Å². The molecule has 2 aromatic heterocycles. The van der Waals surface area contributed by atoms with Crippen LogP contribution in [0.3, 0.4) is 0 Å². The number of rotatable bonds is 3. The van der Waals surface area contributed by atoms with Gasteiger partial charge in [-0.05, 0) is 24.6 Å². The van der Waals surface area contributed by atoms with Crippen molar-refractivity contribution >= 4 is 44.0 Å². The minimum Gasteiger partial charge on any atom is -0.393 e. The fraction of sp³-hybridized carbons (Fsp3) is 0.154. The molecule has 0 atom stereocenters. The highest BCUT2D eigenvalue weighted by Gasteiger charge is 2.10. The number of nitrogens with zero attached hydrogens (tertiary/aromatic N) is 3. The van der Waals surface area contributed by atoms with Gasteiger partial charge in [-0.1, -0.05) is 17.4 Å². The van der Waals surface area contributed by atoms with Crippen LogP contribution in [0.25, 0.3) is 10.2 Å². The van der Waals surface area contributed by atoms with E-state index in [2.05, 4.69) is 38.6 Å². The van der Waals surface area contributed by atoms with Gasteiger partial charge in [0.25, 0.3) is 0 Å². The average molecular weight is 286 g/mol. The largest absolute Gasteiger partial charge is 0.393 e. The van der Waals surface area contributed by atoms with Crippen molar-refractivity contribution < 1.29 is 0 Å². The third-order valence-corrected chi connectivity index (χ3v) is 3.82. The molecule has 0 fully saturated rings. The second-order valence-electron chi connectivity index (χ2n) is 4.35. The average Bonchev–Trinajstić information content (AvgIpc) is 2.82. The summed E-state index contributed by atoms with van der Waals surface area (Å²) in [5.74, 6) is 1.15. The molecule has 4 N–H and O–H groups in total. The fourth-order valence-electron chi connectivity index (χ4n) is 1.88. The number of nitrogens with two attached hydrogens (primary N) is 1. The van der Waals surface area contributed by atoms with Crippen LogP contribution in [-0.4, -0.2) is 22.0 Å². The number of aromatic nitrogens is 3. The Hall–Kier alpha value is -2.41. The summed E-state index contributed by atoms with van der Waals surface area (Å²) in [6.45, 7) is 2.06. The summed E-state index contributed by atoms with van der Waals surface area (Å²) in [6, 6.07) is 6.17. The maximum Gasteiger partial charge on any atom is 0.189 e. The quantitative estimate of drug-likeness (QED) is 0.686. The first-order valence-electron chi connectivity index (χ1n) is 6.10. The fourth-order valence-corrected chi connectivity index (χ4v) is 2.84. The van der Waals surface area contributed by atoms with Crippen molar-refractivity contribution in [2.75, 3.05) is 23.4 Å². The predicted octanol–water partition coefficient (Wildman–Crippen LogP) is 2.76. The summed E-state index contributed by atoms with van der Waals surface area (Å²) < 4.78 is 1.13. The number of thiazole rings is 1. The van der Waals surface area contributed by atoms with Crippen LogP contribution in [-0.2, 0) is 0 Å². The van der Waals surface area contributed by atoms with Crippen LogP contribution in [0.1, 0.15) is 5.56 Å². The van der Waals surface area contributed by atoms with E-state index in [1.807, 2.05) is 12.1 Å². The lowest BCUT2D eigenvalue weighted by molar-refractivity contribution is 1.16. The lowest BCUT2D eigenvalue weighted by Crippen LogP contribution is -2.04. The maximum atomic E-state index is 5.99. The Morgan fingerprint density at radius 1 is 1.20 bits per heavy atom. The summed E-state index contributed by atoms with van der Waals surface area (Å²) in [5.41, 5.74) is 8.64. The van der Waals surface area contributed by atoms with Crippen molar-refractivity contribution in [2.24, 2.45) is 0 Å². The van der Waals surface area contributed by atoms with E-state index >= 15 is 0 Å². The van der Waals surface area contributed by atoms with E-state index in [-0.39, 0.29) is 0 Å². The van der Waals surface area contributed by atoms with Crippen LogP contribution in [0.5, 0.6) is 0 Å². The van der Waals surface area contributed by atoms with Crippen molar-refractivity contribution in [3.8, 4) is 0 Å². The molecule has 7 heteroatoms. The van der Waals surface area contributed by atoms with E-state index in [4.69, 9.17) is 5.73 Å². The summed E-state index contributed by atoms with van der Waals surface area (Å²) in [6.07, 6.45) is 1.46. The molecule has 0 unspecified atom stereocenters. The number of nitrogen functional groups attached to an aromatic ring is 1. The van der Waals surface area contributed by atoms with E-state index in [1.165, 1.54) is 11.9 Å². The molecule has 102 valence electrons. The predicted molar refractivity (Wildman–Crippen MR) is 83.6 cm³/mol. The molecule has 0 bridgehead atoms. The Morgan fingerprint density at radius 2 is 2.00 bits per heavy atom. The Balaban J connectivity index is 1.97. The Labute approximate surface area is 120 Å². The highest BCUT2D eigenvalue weighted by Crippen LogP contribution is 2.31. The van der Waals surface area contributed by atoms with Crippen molar-refractivity contribution in [1.29, 1.82) is 0 Å². The lowest BCUT2D eigenvalue weighted by atomic mass is 10.2. The molecule has 0 saturated heterocycles. The molecule has 1 aromatic carbocycles. The topological polar surface area (TPSA) is 88.8 Å². The first kappa shape index (κ1) is 12.6. The molecule has 2 heterocycles. The van der Waals surface area contributed by atoms with Gasteiger partial charge < -0.3 is 16.4 Å². The third kappa shape index (κ3) is 2.23. The van der Waals surface area contributed by atoms with E-state index < -0.39 is 0 Å². The highest BCUT2D eigenvalue weighted by molar-refractivity contribution is 7.22. The monoisotopic (exact) mass is 286 g/mol. The summed E-state index contributed by atoms with van der Waals surface area (Å²) in [7, 11) is 1.77. The summed E-state index contributed by atoms with van der Waals surface area (Å²) in [5, 5.41) is 6.83. The van der Waals surface area contributed by atoms with E-state index in [0.29, 0.717) is 17.3 Å². The van der Waals surface area contributed by atoms with Gasteiger partial charge >= 0.3 is 0 Å². The van der Waals surface area contributed by atoms with E-state index in [1.54, 1.807) is 18.4 Å². The minimum atomic E-state index is 0.477. The second-order valence-corrected chi connectivity index (χ2v) is 5.38. The smallest absolute Gasteiger partial charge is 0.189 e. The standard InChI is InChI=1S/C13H14N6S/c1-7-3-4-8-9(5-7)20-13(18-8)19-12-10(14)11(15-2)16-6-17-12/h3-6H,14H2,1-2H3,(H2,15,16,17,18,19). The number of anilines is 4. The molecule has 0 aliphatic rings.